The highest BCUT2D eigenvalue weighted by Crippen LogP contribution is 2.34. The minimum Gasteiger partial charge on any atom is -0.495 e. The van der Waals surface area contributed by atoms with E-state index in [1.54, 1.807) is 24.3 Å². The van der Waals surface area contributed by atoms with Crippen LogP contribution in [0.5, 0.6) is 5.75 Å². The van der Waals surface area contributed by atoms with Crippen LogP contribution in [-0.4, -0.2) is 35.0 Å². The first-order valence-corrected chi connectivity index (χ1v) is 9.25. The Morgan fingerprint density at radius 1 is 1.20 bits per heavy atom. The molecule has 0 atom stereocenters. The summed E-state index contributed by atoms with van der Waals surface area (Å²) in [6.07, 6.45) is 0. The zero-order valence-electron chi connectivity index (χ0n) is 14.1. The highest BCUT2D eigenvalue weighted by atomic mass is 35.5. The summed E-state index contributed by atoms with van der Waals surface area (Å²) in [5.41, 5.74) is 1.12. The van der Waals surface area contributed by atoms with Crippen LogP contribution in [0.3, 0.4) is 0 Å². The number of halogens is 1. The number of sulfonamides is 1. The molecule has 0 aliphatic heterocycles. The number of carbonyl (C=O) groups is 1. The topological polar surface area (TPSA) is 75.7 Å². The fourth-order valence-corrected chi connectivity index (χ4v) is 3.79. The molecule has 1 amide bonds. The third-order valence-corrected chi connectivity index (χ3v) is 5.59. The fourth-order valence-electron chi connectivity index (χ4n) is 2.20. The van der Waals surface area contributed by atoms with Crippen molar-refractivity contribution in [3.05, 3.63) is 53.1 Å². The summed E-state index contributed by atoms with van der Waals surface area (Å²) in [6.45, 7) is 1.46. The summed E-state index contributed by atoms with van der Waals surface area (Å²) in [5.74, 6) is -0.165. The Morgan fingerprint density at radius 3 is 2.40 bits per heavy atom. The van der Waals surface area contributed by atoms with Crippen LogP contribution in [0.15, 0.2) is 47.4 Å². The molecule has 25 heavy (non-hydrogen) atoms. The van der Waals surface area contributed by atoms with Gasteiger partial charge in [0.2, 0.25) is 5.91 Å². The molecule has 6 nitrogen and oxygen atoms in total. The van der Waals surface area contributed by atoms with Gasteiger partial charge in [-0.05, 0) is 37.3 Å². The van der Waals surface area contributed by atoms with E-state index in [4.69, 9.17) is 16.3 Å². The number of ether oxygens (including phenoxy) is 1. The van der Waals surface area contributed by atoms with Gasteiger partial charge in [-0.25, -0.2) is 8.42 Å². The zero-order chi connectivity index (χ0) is 18.6. The molecule has 1 N–H and O–H groups in total. The number of likely N-dealkylation sites (N-methyl/N-ethyl adjacent to an activating group) is 1. The third-order valence-electron chi connectivity index (χ3n) is 3.58. The van der Waals surface area contributed by atoms with E-state index in [0.29, 0.717) is 10.8 Å². The monoisotopic (exact) mass is 382 g/mol. The second-order valence-corrected chi connectivity index (χ2v) is 7.61. The molecule has 0 radical (unpaired) electrons. The summed E-state index contributed by atoms with van der Waals surface area (Å²) in [4.78, 5) is 12.0. The van der Waals surface area contributed by atoms with Gasteiger partial charge in [0.15, 0.2) is 0 Å². The van der Waals surface area contributed by atoms with Crippen LogP contribution in [-0.2, 0) is 14.8 Å². The van der Waals surface area contributed by atoms with E-state index in [0.717, 1.165) is 9.87 Å². The maximum Gasteiger partial charge on any atom is 0.264 e. The molecule has 0 unspecified atom stereocenters. The predicted molar refractivity (Wildman–Crippen MR) is 97.8 cm³/mol. The molecule has 0 saturated heterocycles. The molecular formula is C17H19ClN2O4S. The van der Waals surface area contributed by atoms with E-state index in [1.165, 1.54) is 32.4 Å². The minimum absolute atomic E-state index is 0.0732. The summed E-state index contributed by atoms with van der Waals surface area (Å²) in [7, 11) is -1.13. The van der Waals surface area contributed by atoms with Gasteiger partial charge in [0.1, 0.15) is 12.3 Å². The number of benzene rings is 2. The number of methoxy groups -OCH3 is 1. The molecule has 0 aliphatic rings. The molecule has 8 heteroatoms. The van der Waals surface area contributed by atoms with Gasteiger partial charge < -0.3 is 10.1 Å². The van der Waals surface area contributed by atoms with Gasteiger partial charge in [-0.2, -0.15) is 0 Å². The molecule has 0 saturated carbocycles. The first-order valence-electron chi connectivity index (χ1n) is 7.43. The largest absolute Gasteiger partial charge is 0.495 e. The Hall–Kier alpha value is -2.25. The standard InChI is InChI=1S/C17H19ClN2O4S/c1-12-4-7-14(8-5-12)25(22,23)20(11-17(21)19-2)15-10-13(18)6-9-16(15)24-3/h4-10H,11H2,1-3H3,(H,19,21). The van der Waals surface area contributed by atoms with Gasteiger partial charge in [-0.3, -0.25) is 9.10 Å². The van der Waals surface area contributed by atoms with E-state index in [-0.39, 0.29) is 10.6 Å². The van der Waals surface area contributed by atoms with Crippen molar-refractivity contribution in [1.29, 1.82) is 0 Å². The van der Waals surface area contributed by atoms with Crippen molar-refractivity contribution < 1.29 is 17.9 Å². The summed E-state index contributed by atoms with van der Waals surface area (Å²) < 4.78 is 32.5. The van der Waals surface area contributed by atoms with E-state index in [2.05, 4.69) is 5.32 Å². The lowest BCUT2D eigenvalue weighted by atomic mass is 10.2. The van der Waals surface area contributed by atoms with Gasteiger partial charge in [-0.1, -0.05) is 29.3 Å². The van der Waals surface area contributed by atoms with Crippen LogP contribution in [0.25, 0.3) is 0 Å². The molecule has 0 aromatic heterocycles. The lowest BCUT2D eigenvalue weighted by Crippen LogP contribution is -2.40. The minimum atomic E-state index is -3.99. The van der Waals surface area contributed by atoms with Crippen molar-refractivity contribution in [3.63, 3.8) is 0 Å². The summed E-state index contributed by atoms with van der Waals surface area (Å²) in [5, 5.41) is 2.76. The van der Waals surface area contributed by atoms with Gasteiger partial charge in [-0.15, -0.1) is 0 Å². The van der Waals surface area contributed by atoms with Crippen molar-refractivity contribution in [2.24, 2.45) is 0 Å². The average Bonchev–Trinajstić information content (AvgIpc) is 2.59. The number of hydrogen-bond donors (Lipinski definition) is 1. The Labute approximate surface area is 152 Å². The Bertz CT molecular complexity index is 867. The maximum atomic E-state index is 13.1. The van der Waals surface area contributed by atoms with Crippen molar-refractivity contribution in [2.75, 3.05) is 25.0 Å². The van der Waals surface area contributed by atoms with Crippen molar-refractivity contribution >= 4 is 33.2 Å². The molecule has 0 heterocycles. The van der Waals surface area contributed by atoms with Crippen LogP contribution >= 0.6 is 11.6 Å². The number of amides is 1. The molecule has 2 aromatic rings. The highest BCUT2D eigenvalue weighted by Gasteiger charge is 2.29. The molecule has 2 rings (SSSR count). The zero-order valence-corrected chi connectivity index (χ0v) is 15.7. The van der Waals surface area contributed by atoms with E-state index in [9.17, 15) is 13.2 Å². The Balaban J connectivity index is 2.62. The van der Waals surface area contributed by atoms with E-state index in [1.807, 2.05) is 6.92 Å². The smallest absolute Gasteiger partial charge is 0.264 e. The van der Waals surface area contributed by atoms with Gasteiger partial charge >= 0.3 is 0 Å². The predicted octanol–water partition coefficient (Wildman–Crippen LogP) is 2.60. The number of aryl methyl sites for hydroxylation is 1. The number of nitrogens with one attached hydrogen (secondary N) is 1. The number of anilines is 1. The van der Waals surface area contributed by atoms with E-state index < -0.39 is 22.5 Å². The highest BCUT2D eigenvalue weighted by molar-refractivity contribution is 7.92. The molecule has 0 aliphatic carbocycles. The quantitative estimate of drug-likeness (QED) is 0.833. The lowest BCUT2D eigenvalue weighted by Gasteiger charge is -2.25. The first kappa shape index (κ1) is 19.1. The summed E-state index contributed by atoms with van der Waals surface area (Å²) in [6, 6.07) is 11.0. The Kier molecular flexibility index (Phi) is 5.92. The lowest BCUT2D eigenvalue weighted by molar-refractivity contribution is -0.119. The normalized spacial score (nSPS) is 11.0. The first-order chi connectivity index (χ1) is 11.8. The van der Waals surface area contributed by atoms with Gasteiger partial charge in [0.05, 0.1) is 17.7 Å². The third kappa shape index (κ3) is 4.24. The molecule has 0 fully saturated rings. The van der Waals surface area contributed by atoms with Crippen LogP contribution in [0.1, 0.15) is 5.56 Å². The molecular weight excluding hydrogens is 364 g/mol. The molecule has 0 bridgehead atoms. The molecule has 2 aromatic carbocycles. The molecule has 134 valence electrons. The van der Waals surface area contributed by atoms with Crippen molar-refractivity contribution in [1.82, 2.24) is 5.32 Å². The van der Waals surface area contributed by atoms with Gasteiger partial charge in [0, 0.05) is 12.1 Å². The number of carbonyl (C=O) groups excluding carboxylic acids is 1. The maximum absolute atomic E-state index is 13.1. The Morgan fingerprint density at radius 2 is 1.84 bits per heavy atom. The van der Waals surface area contributed by atoms with Crippen LogP contribution in [0.2, 0.25) is 5.02 Å². The second kappa shape index (κ2) is 7.76. The number of hydrogen-bond acceptors (Lipinski definition) is 4. The van der Waals surface area contributed by atoms with Crippen LogP contribution < -0.4 is 14.4 Å². The molecule has 0 spiro atoms. The van der Waals surface area contributed by atoms with Crippen molar-refractivity contribution in [2.45, 2.75) is 11.8 Å². The van der Waals surface area contributed by atoms with Crippen LogP contribution in [0.4, 0.5) is 5.69 Å². The van der Waals surface area contributed by atoms with Crippen LogP contribution in [0, 0.1) is 6.92 Å². The number of rotatable bonds is 6. The van der Waals surface area contributed by atoms with E-state index >= 15 is 0 Å². The number of nitrogens with zero attached hydrogens (tertiary/aromatic N) is 1. The summed E-state index contributed by atoms with van der Waals surface area (Å²) >= 11 is 6.03. The fraction of sp³-hybridized carbons (Fsp3) is 0.235. The van der Waals surface area contributed by atoms with Gasteiger partial charge in [0.25, 0.3) is 10.0 Å². The SMILES string of the molecule is CNC(=O)CN(c1cc(Cl)ccc1OC)S(=O)(=O)c1ccc(C)cc1. The van der Waals surface area contributed by atoms with Crippen molar-refractivity contribution in [3.8, 4) is 5.75 Å². The average molecular weight is 383 g/mol. The second-order valence-electron chi connectivity index (χ2n) is 5.31.